The third-order valence-electron chi connectivity index (χ3n) is 3.68. The second-order valence-corrected chi connectivity index (χ2v) is 6.29. The fraction of sp³-hybridized carbons (Fsp3) is 1.00. The van der Waals surface area contributed by atoms with Crippen molar-refractivity contribution in [3.05, 3.63) is 0 Å². The molecular weight excluding hydrogens is 1050 g/mol. The maximum atomic E-state index is 2.26. The Balaban J connectivity index is -0.00000000636. The zero-order chi connectivity index (χ0) is 18.9. The summed E-state index contributed by atoms with van der Waals surface area (Å²) in [7, 11) is 15.6. The molecule has 0 aliphatic rings. The van der Waals surface area contributed by atoms with E-state index >= 15 is 0 Å². The first-order valence-electron chi connectivity index (χ1n) is 10.1. The van der Waals surface area contributed by atoms with Crippen LogP contribution in [0.15, 0.2) is 0 Å². The van der Waals surface area contributed by atoms with E-state index < -0.39 is 0 Å². The SMILES string of the molecule is C.C.C.C.C.C.C.C.C.C.C.C.C[B]CC(C[B]C)C[B]C.C[B]CCC[B]C.C[B]CCC[B]C.[Y].[Y].[Y].[Y].[Y].[Y].[Y]. The molecule has 0 aromatic carbocycles. The molecule has 43 heavy (non-hydrogen) atoms. The molecule has 0 unspecified atom stereocenters. The Bertz CT molecular complexity index is 182. The molecule has 0 aromatic heterocycles. The van der Waals surface area contributed by atoms with Crippen LogP contribution in [-0.2, 0) is 229 Å². The second kappa shape index (κ2) is 164. The molecule has 0 heterocycles. The van der Waals surface area contributed by atoms with E-state index in [9.17, 15) is 0 Å². The van der Waals surface area contributed by atoms with Crippen molar-refractivity contribution in [3.63, 3.8) is 0 Å². The molecule has 0 saturated carbocycles. The van der Waals surface area contributed by atoms with Gasteiger partial charge in [0, 0.05) is 229 Å². The number of hydrogen-bond acceptors (Lipinski definition) is 0. The summed E-state index contributed by atoms with van der Waals surface area (Å²) in [5, 5.41) is 0. The van der Waals surface area contributed by atoms with Crippen molar-refractivity contribution in [1.82, 2.24) is 0 Å². The molecule has 0 bridgehead atoms. The van der Waals surface area contributed by atoms with Crippen LogP contribution in [0.5, 0.6) is 0 Å². The van der Waals surface area contributed by atoms with Crippen LogP contribution in [0.25, 0.3) is 0 Å². The van der Waals surface area contributed by atoms with Crippen LogP contribution in [0.2, 0.25) is 92.0 Å². The Morgan fingerprint density at radius 1 is 0.279 bits per heavy atom. The quantitative estimate of drug-likeness (QED) is 0.120. The Morgan fingerprint density at radius 3 is 0.512 bits per heavy atom. The van der Waals surface area contributed by atoms with Gasteiger partial charge >= 0.3 is 0 Å². The largest absolute Gasteiger partial charge is 0.106 e. The van der Waals surface area contributed by atoms with Crippen molar-refractivity contribution in [2.45, 2.75) is 194 Å². The minimum atomic E-state index is 0. The van der Waals surface area contributed by atoms with E-state index in [2.05, 4.69) is 98.7 Å². The molecule has 246 valence electrons. The summed E-state index contributed by atoms with van der Waals surface area (Å²) in [4.78, 5) is 0. The zero-order valence-electron chi connectivity index (χ0n) is 22.0. The van der Waals surface area contributed by atoms with Crippen molar-refractivity contribution in [3.8, 4) is 0 Å². The van der Waals surface area contributed by atoms with Crippen LogP contribution in [-0.4, -0.2) is 51.0 Å². The van der Waals surface area contributed by atoms with Gasteiger partial charge in [-0.05, 0) is 0 Å². The Kier molecular flexibility index (Phi) is 578. The van der Waals surface area contributed by atoms with Gasteiger partial charge in [-0.1, -0.05) is 200 Å². The molecule has 0 aliphatic carbocycles. The molecule has 0 aromatic rings. The first-order chi connectivity index (χ1) is 11.7. The predicted molar refractivity (Wildman–Crippen MR) is 208 cm³/mol. The molecule has 0 nitrogen and oxygen atoms in total. The zero-order valence-corrected chi connectivity index (χ0v) is 41.9. The summed E-state index contributed by atoms with van der Waals surface area (Å²) in [5.41, 5.74) is 0. The predicted octanol–water partition coefficient (Wildman–Crippen LogP) is 13.2. The van der Waals surface area contributed by atoms with Crippen LogP contribution in [0.3, 0.4) is 0 Å². The molecule has 0 rings (SSSR count). The molecule has 0 fully saturated rings. The maximum Gasteiger partial charge on any atom is 0.106 e. The minimum Gasteiger partial charge on any atom is -0.0920 e. The fourth-order valence-corrected chi connectivity index (χ4v) is 2.34. The summed E-state index contributed by atoms with van der Waals surface area (Å²) in [6, 6.07) is 0. The maximum absolute atomic E-state index is 2.26. The average molecular weight is 1140 g/mol. The molecule has 14 heteroatoms. The summed E-state index contributed by atoms with van der Waals surface area (Å²) in [6.07, 6.45) is 11.5. The van der Waals surface area contributed by atoms with Crippen LogP contribution < -0.4 is 0 Å². The molecule has 0 atom stereocenters. The van der Waals surface area contributed by atoms with Crippen LogP contribution >= 0.6 is 0 Å². The molecule has 0 N–H and O–H groups in total. The van der Waals surface area contributed by atoms with Crippen molar-refractivity contribution < 1.29 is 229 Å². The van der Waals surface area contributed by atoms with Crippen molar-refractivity contribution in [1.29, 1.82) is 0 Å². The second-order valence-electron chi connectivity index (χ2n) is 6.29. The van der Waals surface area contributed by atoms with Gasteiger partial charge in [0.2, 0.25) is 0 Å². The topological polar surface area (TPSA) is 0 Å². The van der Waals surface area contributed by atoms with E-state index in [1.165, 1.54) is 57.1 Å². The van der Waals surface area contributed by atoms with Gasteiger partial charge in [-0.15, -0.1) is 0 Å². The van der Waals surface area contributed by atoms with E-state index in [0.717, 1.165) is 5.92 Å². The Morgan fingerprint density at radius 2 is 0.419 bits per heavy atom. The van der Waals surface area contributed by atoms with Crippen LogP contribution in [0.1, 0.15) is 102 Å². The van der Waals surface area contributed by atoms with Gasteiger partial charge in [-0.25, -0.2) is 0 Å². The molecular formula is C29H88B7Y7. The average Bonchev–Trinajstić information content (AvgIpc) is 2.58. The molecule has 0 aliphatic heterocycles. The van der Waals surface area contributed by atoms with Crippen LogP contribution in [0, 0.1) is 5.92 Å². The summed E-state index contributed by atoms with van der Waals surface area (Å²) in [6.45, 7) is 14.8. The monoisotopic (exact) mass is 1140 g/mol. The van der Waals surface area contributed by atoms with Gasteiger partial charge in [0.05, 0.1) is 0 Å². The van der Waals surface area contributed by atoms with Gasteiger partial charge in [0.1, 0.15) is 51.0 Å². The third kappa shape index (κ3) is 184. The van der Waals surface area contributed by atoms with E-state index in [0.29, 0.717) is 0 Å². The summed E-state index contributed by atoms with van der Waals surface area (Å²) >= 11 is 0. The number of rotatable bonds is 14. The molecule has 0 amide bonds. The molecule has 0 saturated heterocycles. The van der Waals surface area contributed by atoms with Crippen molar-refractivity contribution >= 4 is 51.0 Å². The minimum absolute atomic E-state index is 0. The van der Waals surface area contributed by atoms with Gasteiger partial charge in [-0.3, -0.25) is 0 Å². The fourth-order valence-electron chi connectivity index (χ4n) is 2.34. The Labute approximate surface area is 470 Å². The van der Waals surface area contributed by atoms with Crippen LogP contribution in [0.4, 0.5) is 0 Å². The van der Waals surface area contributed by atoms with Crippen molar-refractivity contribution in [2.24, 2.45) is 5.92 Å². The van der Waals surface area contributed by atoms with E-state index in [4.69, 9.17) is 0 Å². The summed E-state index contributed by atoms with van der Waals surface area (Å²) < 4.78 is 0. The standard InChI is InChI=1S/C7H16B3.2C5H12B2.12CH4.7Y/c1-8-4-7(5-9-2)6-10-3;2*1-6-4-3-5-7-2;;;;;;;;;;;;;;;;;;;/h7H,4-6H2,1-3H3;2*3-5H2,1-2H3;12*1H4;;;;;;;. The van der Waals surface area contributed by atoms with E-state index in [1.54, 1.807) is 0 Å². The van der Waals surface area contributed by atoms with Gasteiger partial charge in [0.15, 0.2) is 0 Å². The van der Waals surface area contributed by atoms with E-state index in [1.807, 2.05) is 0 Å². The summed E-state index contributed by atoms with van der Waals surface area (Å²) in [5.74, 6) is 0.861. The van der Waals surface area contributed by atoms with Gasteiger partial charge < -0.3 is 0 Å². The first kappa shape index (κ1) is 151. The van der Waals surface area contributed by atoms with Gasteiger partial charge in [-0.2, -0.15) is 0 Å². The smallest absolute Gasteiger partial charge is 0.0920 e. The normalized spacial score (nSPS) is 4.93. The third-order valence-corrected chi connectivity index (χ3v) is 3.68. The number of hydrogen-bond donors (Lipinski definition) is 0. The van der Waals surface area contributed by atoms with Crippen molar-refractivity contribution in [2.75, 3.05) is 0 Å². The first-order valence-corrected chi connectivity index (χ1v) is 10.1. The van der Waals surface area contributed by atoms with E-state index in [-0.39, 0.29) is 318 Å². The molecule has 0 spiro atoms. The molecule has 14 radical (unpaired) electrons. The van der Waals surface area contributed by atoms with Gasteiger partial charge in [0.25, 0.3) is 0 Å². The Hall–Kier alpha value is 8.18.